The zero-order valence-electron chi connectivity index (χ0n) is 10.6. The highest BCUT2D eigenvalue weighted by molar-refractivity contribution is 5.14. The molecule has 96 valence electrons. The lowest BCUT2D eigenvalue weighted by molar-refractivity contribution is 0.110. The molecule has 2 unspecified atom stereocenters. The van der Waals surface area contributed by atoms with Gasteiger partial charge in [-0.15, -0.1) is 0 Å². The van der Waals surface area contributed by atoms with Crippen LogP contribution in [0.25, 0.3) is 0 Å². The molecule has 4 heteroatoms. The van der Waals surface area contributed by atoms with Crippen LogP contribution in [-0.2, 0) is 0 Å². The maximum absolute atomic E-state index is 8.11. The van der Waals surface area contributed by atoms with Crippen molar-refractivity contribution in [1.82, 2.24) is 9.88 Å². The molecule has 0 saturated carbocycles. The predicted octanol–water partition coefficient (Wildman–Crippen LogP) is 1.21. The van der Waals surface area contributed by atoms with Crippen molar-refractivity contribution in [3.8, 4) is 0 Å². The van der Waals surface area contributed by atoms with Crippen LogP contribution in [0.3, 0.4) is 0 Å². The summed E-state index contributed by atoms with van der Waals surface area (Å²) < 4.78 is 0. The van der Waals surface area contributed by atoms with Gasteiger partial charge in [-0.1, -0.05) is 6.07 Å². The fourth-order valence-electron chi connectivity index (χ4n) is 1.90. The van der Waals surface area contributed by atoms with E-state index >= 15 is 0 Å². The second-order valence-corrected chi connectivity index (χ2v) is 4.46. The number of hydrogen-bond donors (Lipinski definition) is 2. The van der Waals surface area contributed by atoms with Crippen molar-refractivity contribution in [2.24, 2.45) is 0 Å². The van der Waals surface area contributed by atoms with Crippen molar-refractivity contribution in [2.75, 3.05) is 20.2 Å². The van der Waals surface area contributed by atoms with Crippen molar-refractivity contribution < 1.29 is 10.2 Å². The topological polar surface area (TPSA) is 56.6 Å². The summed E-state index contributed by atoms with van der Waals surface area (Å²) in [6.45, 7) is 2.61. The molecule has 1 aromatic heterocycles. The molecule has 1 aliphatic heterocycles. The summed E-state index contributed by atoms with van der Waals surface area (Å²) in [5, 5.41) is 16.0. The minimum Gasteiger partial charge on any atom is -0.394 e. The van der Waals surface area contributed by atoms with Gasteiger partial charge in [0.1, 0.15) is 0 Å². The summed E-state index contributed by atoms with van der Waals surface area (Å²) in [6, 6.07) is 4.79. The summed E-state index contributed by atoms with van der Waals surface area (Å²) in [5.41, 5.74) is 1.36. The Morgan fingerprint density at radius 3 is 2.71 bits per heavy atom. The van der Waals surface area contributed by atoms with E-state index in [1.54, 1.807) is 0 Å². The van der Waals surface area contributed by atoms with Crippen molar-refractivity contribution in [3.05, 3.63) is 30.1 Å². The summed E-state index contributed by atoms with van der Waals surface area (Å²) in [7, 11) is 2.19. The maximum Gasteiger partial charge on any atom is 0.0742 e. The Bertz CT molecular complexity index is 304. The summed E-state index contributed by atoms with van der Waals surface area (Å²) >= 11 is 0. The molecule has 0 bridgehead atoms. The highest BCUT2D eigenvalue weighted by atomic mass is 16.3. The van der Waals surface area contributed by atoms with Gasteiger partial charge in [0.05, 0.1) is 12.7 Å². The summed E-state index contributed by atoms with van der Waals surface area (Å²) in [4.78, 5) is 6.54. The van der Waals surface area contributed by atoms with Crippen LogP contribution in [0, 0.1) is 0 Å². The largest absolute Gasteiger partial charge is 0.394 e. The standard InChI is InChI=1S/C10H14N2.C3H8O2/c1-12-7-3-5-10(12)9-4-2-6-11-8-9;1-3(5)2-4/h2,4,6,8,10H,3,5,7H2,1H3;3-5H,2H2,1H3. The third kappa shape index (κ3) is 4.81. The lowest BCUT2D eigenvalue weighted by Crippen LogP contribution is -2.17. The molecule has 17 heavy (non-hydrogen) atoms. The normalized spacial score (nSPS) is 21.8. The molecule has 1 aliphatic rings. The molecule has 1 fully saturated rings. The quantitative estimate of drug-likeness (QED) is 0.813. The molecule has 4 nitrogen and oxygen atoms in total. The molecule has 0 radical (unpaired) electrons. The molecule has 2 N–H and O–H groups in total. The van der Waals surface area contributed by atoms with E-state index in [1.165, 1.54) is 31.9 Å². The first-order valence-electron chi connectivity index (χ1n) is 6.04. The maximum atomic E-state index is 8.11. The fraction of sp³-hybridized carbons (Fsp3) is 0.615. The van der Waals surface area contributed by atoms with Crippen LogP contribution in [-0.4, -0.2) is 46.4 Å². The minimum atomic E-state index is -0.560. The van der Waals surface area contributed by atoms with Gasteiger partial charge in [-0.05, 0) is 45.0 Å². The van der Waals surface area contributed by atoms with E-state index in [-0.39, 0.29) is 6.61 Å². The first kappa shape index (κ1) is 14.1. The van der Waals surface area contributed by atoms with Gasteiger partial charge < -0.3 is 10.2 Å². The molecule has 1 saturated heterocycles. The van der Waals surface area contributed by atoms with Crippen molar-refractivity contribution in [2.45, 2.75) is 31.9 Å². The first-order valence-corrected chi connectivity index (χ1v) is 6.04. The minimum absolute atomic E-state index is 0.139. The second kappa shape index (κ2) is 7.37. The van der Waals surface area contributed by atoms with Crippen LogP contribution >= 0.6 is 0 Å². The molecule has 2 heterocycles. The number of nitrogens with zero attached hydrogens (tertiary/aromatic N) is 2. The van der Waals surface area contributed by atoms with E-state index in [4.69, 9.17) is 10.2 Å². The van der Waals surface area contributed by atoms with E-state index in [2.05, 4.69) is 23.0 Å². The van der Waals surface area contributed by atoms with Gasteiger partial charge in [-0.2, -0.15) is 0 Å². The average Bonchev–Trinajstić information content (AvgIpc) is 2.77. The number of aliphatic hydroxyl groups is 2. The van der Waals surface area contributed by atoms with Gasteiger partial charge in [0.15, 0.2) is 0 Å². The number of aliphatic hydroxyl groups excluding tert-OH is 2. The number of rotatable bonds is 2. The number of aromatic nitrogens is 1. The zero-order valence-corrected chi connectivity index (χ0v) is 10.6. The Balaban J connectivity index is 0.000000249. The van der Waals surface area contributed by atoms with Crippen LogP contribution in [0.5, 0.6) is 0 Å². The number of pyridine rings is 1. The predicted molar refractivity (Wildman–Crippen MR) is 67.6 cm³/mol. The van der Waals surface area contributed by atoms with Gasteiger partial charge in [-0.25, -0.2) is 0 Å². The van der Waals surface area contributed by atoms with Gasteiger partial charge >= 0.3 is 0 Å². The van der Waals surface area contributed by atoms with E-state index in [0.29, 0.717) is 6.04 Å². The van der Waals surface area contributed by atoms with Gasteiger partial charge in [0.2, 0.25) is 0 Å². The van der Waals surface area contributed by atoms with Gasteiger partial charge in [-0.3, -0.25) is 9.88 Å². The molecule has 1 aromatic rings. The van der Waals surface area contributed by atoms with E-state index < -0.39 is 6.10 Å². The van der Waals surface area contributed by atoms with Crippen molar-refractivity contribution in [3.63, 3.8) is 0 Å². The highest BCUT2D eigenvalue weighted by Crippen LogP contribution is 2.29. The van der Waals surface area contributed by atoms with E-state index in [0.717, 1.165) is 0 Å². The second-order valence-electron chi connectivity index (χ2n) is 4.46. The Morgan fingerprint density at radius 1 is 1.59 bits per heavy atom. The van der Waals surface area contributed by atoms with Crippen LogP contribution in [0.1, 0.15) is 31.4 Å². The number of hydrogen-bond acceptors (Lipinski definition) is 4. The summed E-state index contributed by atoms with van der Waals surface area (Å²) in [5.74, 6) is 0. The van der Waals surface area contributed by atoms with Crippen LogP contribution in [0.15, 0.2) is 24.5 Å². The highest BCUT2D eigenvalue weighted by Gasteiger charge is 2.21. The van der Waals surface area contributed by atoms with Crippen LogP contribution in [0.2, 0.25) is 0 Å². The lowest BCUT2D eigenvalue weighted by atomic mass is 10.1. The molecule has 0 aromatic carbocycles. The SMILES string of the molecule is CC(O)CO.CN1CCCC1c1cccnc1. The molecular weight excluding hydrogens is 216 g/mol. The molecule has 2 rings (SSSR count). The average molecular weight is 238 g/mol. The van der Waals surface area contributed by atoms with Gasteiger partial charge in [0, 0.05) is 18.4 Å². The zero-order chi connectivity index (χ0) is 12.7. The molecule has 0 amide bonds. The third-order valence-corrected chi connectivity index (χ3v) is 2.85. The van der Waals surface area contributed by atoms with Crippen LogP contribution in [0.4, 0.5) is 0 Å². The first-order chi connectivity index (χ1) is 8.15. The Hall–Kier alpha value is -0.970. The number of likely N-dealkylation sites (tertiary alicyclic amines) is 1. The molecule has 2 atom stereocenters. The third-order valence-electron chi connectivity index (χ3n) is 2.85. The van der Waals surface area contributed by atoms with Crippen molar-refractivity contribution >= 4 is 0 Å². The van der Waals surface area contributed by atoms with Crippen LogP contribution < -0.4 is 0 Å². The molecule has 0 aliphatic carbocycles. The van der Waals surface area contributed by atoms with Gasteiger partial charge in [0.25, 0.3) is 0 Å². The van der Waals surface area contributed by atoms with E-state index in [1.807, 2.05) is 18.5 Å². The van der Waals surface area contributed by atoms with Crippen molar-refractivity contribution in [1.29, 1.82) is 0 Å². The molecular formula is C13H22N2O2. The lowest BCUT2D eigenvalue weighted by Gasteiger charge is -2.18. The Labute approximate surface area is 103 Å². The molecule has 0 spiro atoms. The Kier molecular flexibility index (Phi) is 6.11. The monoisotopic (exact) mass is 238 g/mol. The van der Waals surface area contributed by atoms with E-state index in [9.17, 15) is 0 Å². The Morgan fingerprint density at radius 2 is 2.29 bits per heavy atom. The summed E-state index contributed by atoms with van der Waals surface area (Å²) in [6.07, 6.45) is 5.85. The smallest absolute Gasteiger partial charge is 0.0742 e. The fourth-order valence-corrected chi connectivity index (χ4v) is 1.90.